The van der Waals surface area contributed by atoms with E-state index in [1.54, 1.807) is 0 Å². The summed E-state index contributed by atoms with van der Waals surface area (Å²) in [5, 5.41) is 4.55. The SMILES string of the molecule is CCCCOOCC(CC)(CCC)C(=O)OOOCCCC. The molecule has 0 aliphatic heterocycles. The van der Waals surface area contributed by atoms with Gasteiger partial charge in [-0.15, -0.1) is 0 Å². The Balaban J connectivity index is 4.29. The summed E-state index contributed by atoms with van der Waals surface area (Å²) in [5.74, 6) is -0.479. The molecule has 0 heterocycles. The minimum atomic E-state index is -0.769. The van der Waals surface area contributed by atoms with Gasteiger partial charge in [-0.3, -0.25) is 4.89 Å². The van der Waals surface area contributed by atoms with Crippen molar-refractivity contribution >= 4 is 5.97 Å². The topological polar surface area (TPSA) is 63.2 Å². The van der Waals surface area contributed by atoms with Gasteiger partial charge in [-0.2, -0.15) is 4.89 Å². The molecule has 0 aromatic carbocycles. The molecule has 22 heavy (non-hydrogen) atoms. The molecule has 0 aliphatic carbocycles. The lowest BCUT2D eigenvalue weighted by molar-refractivity contribution is -0.489. The Morgan fingerprint density at radius 2 is 1.50 bits per heavy atom. The number of hydrogen-bond acceptors (Lipinski definition) is 6. The number of carbonyl (C=O) groups excluding carboxylic acids is 1. The lowest BCUT2D eigenvalue weighted by Gasteiger charge is -2.27. The molecule has 6 nitrogen and oxygen atoms in total. The average molecular weight is 320 g/mol. The van der Waals surface area contributed by atoms with Crippen LogP contribution in [0.4, 0.5) is 0 Å². The van der Waals surface area contributed by atoms with Gasteiger partial charge in [0, 0.05) is 0 Å². The van der Waals surface area contributed by atoms with Gasteiger partial charge in [0.25, 0.3) is 0 Å². The molecule has 0 aromatic rings. The van der Waals surface area contributed by atoms with E-state index in [0.29, 0.717) is 26.1 Å². The first kappa shape index (κ1) is 21.3. The summed E-state index contributed by atoms with van der Waals surface area (Å²) in [6.07, 6.45) is 5.83. The van der Waals surface area contributed by atoms with Crippen molar-refractivity contribution in [2.24, 2.45) is 5.41 Å². The van der Waals surface area contributed by atoms with Crippen molar-refractivity contribution in [2.45, 2.75) is 72.6 Å². The molecule has 0 radical (unpaired) electrons. The van der Waals surface area contributed by atoms with Crippen molar-refractivity contribution in [3.63, 3.8) is 0 Å². The minimum absolute atomic E-state index is 0.151. The first-order valence-corrected chi connectivity index (χ1v) is 8.41. The standard InChI is InChI=1S/C16H32O6/c1-5-9-12-18-20-14-16(8-4,11-7-3)15(17)21-22-19-13-10-6-2/h5-14H2,1-4H3. The quantitative estimate of drug-likeness (QED) is 0.257. The Morgan fingerprint density at radius 1 is 0.864 bits per heavy atom. The van der Waals surface area contributed by atoms with Gasteiger partial charge < -0.3 is 0 Å². The summed E-state index contributed by atoms with van der Waals surface area (Å²) < 4.78 is 0. The van der Waals surface area contributed by atoms with Gasteiger partial charge in [0.05, 0.1) is 25.2 Å². The van der Waals surface area contributed by atoms with E-state index < -0.39 is 11.4 Å². The van der Waals surface area contributed by atoms with E-state index >= 15 is 0 Å². The fourth-order valence-electron chi connectivity index (χ4n) is 1.93. The Bertz CT molecular complexity index is 271. The molecule has 0 saturated carbocycles. The molecular formula is C16H32O6. The second-order valence-electron chi connectivity index (χ2n) is 5.44. The molecule has 0 N–H and O–H groups in total. The number of unbranched alkanes of at least 4 members (excludes halogenated alkanes) is 2. The predicted octanol–water partition coefficient (Wildman–Crippen LogP) is 4.14. The van der Waals surface area contributed by atoms with Crippen molar-refractivity contribution in [3.05, 3.63) is 0 Å². The Labute approximate surface area is 134 Å². The summed E-state index contributed by atoms with van der Waals surface area (Å²) >= 11 is 0. The van der Waals surface area contributed by atoms with Crippen LogP contribution in [0, 0.1) is 5.41 Å². The van der Waals surface area contributed by atoms with Gasteiger partial charge in [-0.1, -0.05) is 47.0 Å². The van der Waals surface area contributed by atoms with Gasteiger partial charge >= 0.3 is 5.97 Å². The van der Waals surface area contributed by atoms with Gasteiger partial charge in [0.2, 0.25) is 0 Å². The summed E-state index contributed by atoms with van der Waals surface area (Å²) in [4.78, 5) is 32.2. The summed E-state index contributed by atoms with van der Waals surface area (Å²) in [5.41, 5.74) is -0.769. The van der Waals surface area contributed by atoms with Crippen molar-refractivity contribution in [3.8, 4) is 0 Å². The Hall–Kier alpha value is -0.690. The average Bonchev–Trinajstić information content (AvgIpc) is 2.53. The highest BCUT2D eigenvalue weighted by molar-refractivity contribution is 5.76. The van der Waals surface area contributed by atoms with Crippen LogP contribution in [-0.4, -0.2) is 25.8 Å². The first-order valence-electron chi connectivity index (χ1n) is 8.41. The van der Waals surface area contributed by atoms with E-state index in [1.807, 2.05) is 20.8 Å². The molecule has 0 rings (SSSR count). The lowest BCUT2D eigenvalue weighted by atomic mass is 9.82. The van der Waals surface area contributed by atoms with Crippen molar-refractivity contribution in [2.75, 3.05) is 19.8 Å². The third-order valence-corrected chi connectivity index (χ3v) is 3.58. The van der Waals surface area contributed by atoms with E-state index in [2.05, 4.69) is 12.0 Å². The summed E-state index contributed by atoms with van der Waals surface area (Å²) in [6, 6.07) is 0. The van der Waals surface area contributed by atoms with Crippen LogP contribution in [0.3, 0.4) is 0 Å². The highest BCUT2D eigenvalue weighted by Crippen LogP contribution is 2.30. The molecule has 0 saturated heterocycles. The van der Waals surface area contributed by atoms with Gasteiger partial charge in [-0.05, 0) is 30.7 Å². The van der Waals surface area contributed by atoms with Crippen LogP contribution in [0.25, 0.3) is 0 Å². The number of hydrogen-bond donors (Lipinski definition) is 0. The van der Waals surface area contributed by atoms with E-state index in [9.17, 15) is 4.79 Å². The van der Waals surface area contributed by atoms with E-state index in [4.69, 9.17) is 19.6 Å². The lowest BCUT2D eigenvalue weighted by Crippen LogP contribution is -2.37. The van der Waals surface area contributed by atoms with Crippen molar-refractivity contribution in [1.82, 2.24) is 0 Å². The van der Waals surface area contributed by atoms with E-state index in [0.717, 1.165) is 32.1 Å². The molecule has 0 spiro atoms. The molecule has 0 amide bonds. The zero-order valence-electron chi connectivity index (χ0n) is 14.5. The Kier molecular flexibility index (Phi) is 13.5. The normalized spacial score (nSPS) is 13.8. The van der Waals surface area contributed by atoms with Crippen LogP contribution in [0.2, 0.25) is 0 Å². The largest absolute Gasteiger partial charge is 0.354 e. The molecule has 132 valence electrons. The molecule has 0 aromatic heterocycles. The number of rotatable bonds is 15. The third kappa shape index (κ3) is 8.68. The fourth-order valence-corrected chi connectivity index (χ4v) is 1.93. The number of carbonyl (C=O) groups is 1. The second-order valence-corrected chi connectivity index (χ2v) is 5.44. The highest BCUT2D eigenvalue weighted by atomic mass is 17.5. The molecule has 0 fully saturated rings. The molecule has 6 heteroatoms. The van der Waals surface area contributed by atoms with Crippen LogP contribution in [0.5, 0.6) is 0 Å². The monoisotopic (exact) mass is 320 g/mol. The van der Waals surface area contributed by atoms with Crippen LogP contribution in [0.15, 0.2) is 0 Å². The van der Waals surface area contributed by atoms with Crippen LogP contribution >= 0.6 is 0 Å². The summed E-state index contributed by atoms with van der Waals surface area (Å²) in [6.45, 7) is 9.11. The third-order valence-electron chi connectivity index (χ3n) is 3.58. The van der Waals surface area contributed by atoms with Crippen LogP contribution in [0.1, 0.15) is 72.6 Å². The van der Waals surface area contributed by atoms with E-state index in [1.165, 1.54) is 0 Å². The predicted molar refractivity (Wildman–Crippen MR) is 82.5 cm³/mol. The highest BCUT2D eigenvalue weighted by Gasteiger charge is 2.39. The van der Waals surface area contributed by atoms with Crippen LogP contribution in [-0.2, 0) is 29.4 Å². The van der Waals surface area contributed by atoms with Gasteiger partial charge in [-0.25, -0.2) is 14.6 Å². The maximum absolute atomic E-state index is 12.3. The second kappa shape index (κ2) is 13.9. The molecule has 0 aliphatic rings. The molecule has 1 unspecified atom stereocenters. The van der Waals surface area contributed by atoms with E-state index in [-0.39, 0.29) is 6.61 Å². The van der Waals surface area contributed by atoms with Crippen LogP contribution < -0.4 is 0 Å². The van der Waals surface area contributed by atoms with Crippen molar-refractivity contribution < 1.29 is 29.4 Å². The molecular weight excluding hydrogens is 288 g/mol. The zero-order chi connectivity index (χ0) is 16.7. The maximum Gasteiger partial charge on any atom is 0.354 e. The smallest absolute Gasteiger partial charge is 0.268 e. The fraction of sp³-hybridized carbons (Fsp3) is 0.938. The minimum Gasteiger partial charge on any atom is -0.268 e. The van der Waals surface area contributed by atoms with Crippen molar-refractivity contribution in [1.29, 1.82) is 0 Å². The van der Waals surface area contributed by atoms with Gasteiger partial charge in [0.1, 0.15) is 0 Å². The molecule has 0 bridgehead atoms. The summed E-state index contributed by atoms with van der Waals surface area (Å²) in [7, 11) is 0. The molecule has 1 atom stereocenters. The zero-order valence-corrected chi connectivity index (χ0v) is 14.5. The maximum atomic E-state index is 12.3. The van der Waals surface area contributed by atoms with Gasteiger partial charge in [0.15, 0.2) is 0 Å². The first-order chi connectivity index (χ1) is 10.7. The Morgan fingerprint density at radius 3 is 2.05 bits per heavy atom.